The van der Waals surface area contributed by atoms with Crippen molar-refractivity contribution in [3.05, 3.63) is 0 Å². The van der Waals surface area contributed by atoms with Crippen LogP contribution in [0.25, 0.3) is 0 Å². The summed E-state index contributed by atoms with van der Waals surface area (Å²) in [6.45, 7) is 8.57. The van der Waals surface area contributed by atoms with Crippen LogP contribution in [-0.4, -0.2) is 23.9 Å². The highest BCUT2D eigenvalue weighted by atomic mass is 31.1. The maximum absolute atomic E-state index is 10.4. The summed E-state index contributed by atoms with van der Waals surface area (Å²) >= 11 is 0. The normalized spacial score (nSPS) is 12.2. The minimum atomic E-state index is -0.643. The number of carbonyl (C=O) groups is 1. The van der Waals surface area contributed by atoms with Gasteiger partial charge in [0.2, 0.25) is 0 Å². The smallest absolute Gasteiger partial charge is 0.306 e. The molecule has 0 bridgehead atoms. The van der Waals surface area contributed by atoms with Gasteiger partial charge in [0.1, 0.15) is 0 Å². The molecule has 0 aromatic rings. The van der Waals surface area contributed by atoms with Gasteiger partial charge in [0.15, 0.2) is 0 Å². The van der Waals surface area contributed by atoms with Gasteiger partial charge in [-0.25, -0.2) is 0 Å². The van der Waals surface area contributed by atoms with E-state index >= 15 is 0 Å². The second-order valence-corrected chi connectivity index (χ2v) is 6.66. The van der Waals surface area contributed by atoms with Gasteiger partial charge in [0.05, 0.1) is 5.92 Å². The molecule has 0 aliphatic rings. The number of hydrogen-bond acceptors (Lipinski definition) is 1. The molecule has 122 valence electrons. The van der Waals surface area contributed by atoms with Crippen molar-refractivity contribution in [2.75, 3.05) is 12.8 Å². The standard InChI is InChI=1S/C9H21P.C8H16O2/c1-3-4-5-6-7-8-9-10-2;1-3-5-6-7(4-2)8(9)10/h10H,3-9H2,1-2H3;7H,3-6H2,1-2H3,(H,9,10). The van der Waals surface area contributed by atoms with E-state index in [-0.39, 0.29) is 5.92 Å². The average Bonchev–Trinajstić information content (AvgIpc) is 2.44. The number of carboxylic acid groups (broad SMARTS) is 1. The Bertz CT molecular complexity index is 187. The average molecular weight is 304 g/mol. The molecule has 0 saturated heterocycles. The fourth-order valence-electron chi connectivity index (χ4n) is 2.03. The van der Waals surface area contributed by atoms with Crippen molar-refractivity contribution in [2.24, 2.45) is 5.92 Å². The fourth-order valence-corrected chi connectivity index (χ4v) is 2.64. The molecule has 0 amide bonds. The van der Waals surface area contributed by atoms with Crippen molar-refractivity contribution in [1.29, 1.82) is 0 Å². The Balaban J connectivity index is 0. The van der Waals surface area contributed by atoms with E-state index in [1.807, 2.05) is 6.92 Å². The molecule has 0 aromatic heterocycles. The van der Waals surface area contributed by atoms with Gasteiger partial charge in [-0.15, -0.1) is 8.58 Å². The molecule has 0 rings (SSSR count). The van der Waals surface area contributed by atoms with Crippen LogP contribution in [0.5, 0.6) is 0 Å². The third kappa shape index (κ3) is 17.9. The molecule has 1 N–H and O–H groups in total. The Morgan fingerprint density at radius 2 is 1.50 bits per heavy atom. The van der Waals surface area contributed by atoms with E-state index in [9.17, 15) is 4.79 Å². The Morgan fingerprint density at radius 1 is 0.950 bits per heavy atom. The number of rotatable bonds is 12. The monoisotopic (exact) mass is 304 g/mol. The summed E-state index contributed by atoms with van der Waals surface area (Å²) < 4.78 is 0. The van der Waals surface area contributed by atoms with Gasteiger partial charge in [-0.1, -0.05) is 65.7 Å². The second-order valence-electron chi connectivity index (χ2n) is 5.46. The van der Waals surface area contributed by atoms with Crippen LogP contribution in [0.1, 0.15) is 85.0 Å². The summed E-state index contributed by atoms with van der Waals surface area (Å²) in [6, 6.07) is 0. The number of carboxylic acids is 1. The summed E-state index contributed by atoms with van der Waals surface area (Å²) in [5.74, 6) is -0.754. The lowest BCUT2D eigenvalue weighted by atomic mass is 10.00. The molecule has 0 aromatic carbocycles. The molecule has 20 heavy (non-hydrogen) atoms. The van der Waals surface area contributed by atoms with Crippen LogP contribution >= 0.6 is 8.58 Å². The van der Waals surface area contributed by atoms with Gasteiger partial charge in [0.25, 0.3) is 0 Å². The van der Waals surface area contributed by atoms with Gasteiger partial charge in [0, 0.05) is 0 Å². The lowest BCUT2D eigenvalue weighted by molar-refractivity contribution is -0.142. The van der Waals surface area contributed by atoms with Crippen molar-refractivity contribution in [2.45, 2.75) is 85.0 Å². The van der Waals surface area contributed by atoms with Crippen molar-refractivity contribution < 1.29 is 9.90 Å². The van der Waals surface area contributed by atoms with Gasteiger partial charge >= 0.3 is 5.97 Å². The van der Waals surface area contributed by atoms with E-state index in [2.05, 4.69) is 20.5 Å². The van der Waals surface area contributed by atoms with E-state index in [1.54, 1.807) is 0 Å². The summed E-state index contributed by atoms with van der Waals surface area (Å²) in [7, 11) is 1.17. The van der Waals surface area contributed by atoms with Crippen LogP contribution in [-0.2, 0) is 4.79 Å². The van der Waals surface area contributed by atoms with Gasteiger partial charge in [-0.2, -0.15) is 0 Å². The molecule has 0 aliphatic carbocycles. The first-order valence-electron chi connectivity index (χ1n) is 8.51. The first kappa shape index (κ1) is 22.2. The minimum Gasteiger partial charge on any atom is -0.481 e. The van der Waals surface area contributed by atoms with Crippen LogP contribution in [0.2, 0.25) is 0 Å². The van der Waals surface area contributed by atoms with E-state index < -0.39 is 5.97 Å². The SMILES string of the molecule is CCCCC(CC)C(=O)O.CCCCCCCCPC. The topological polar surface area (TPSA) is 37.3 Å². The fraction of sp³-hybridized carbons (Fsp3) is 0.941. The molecule has 2 nitrogen and oxygen atoms in total. The lowest BCUT2D eigenvalue weighted by Crippen LogP contribution is -2.11. The summed E-state index contributed by atoms with van der Waals surface area (Å²) in [4.78, 5) is 10.4. The van der Waals surface area contributed by atoms with E-state index in [0.717, 1.165) is 25.7 Å². The Hall–Kier alpha value is -0.100. The van der Waals surface area contributed by atoms with Crippen LogP contribution in [0.3, 0.4) is 0 Å². The molecule has 2 atom stereocenters. The maximum atomic E-state index is 10.4. The van der Waals surface area contributed by atoms with E-state index in [1.165, 1.54) is 53.3 Å². The van der Waals surface area contributed by atoms with Crippen molar-refractivity contribution >= 4 is 14.6 Å². The molecule has 0 saturated carbocycles. The van der Waals surface area contributed by atoms with Gasteiger partial charge < -0.3 is 5.11 Å². The first-order valence-corrected chi connectivity index (χ1v) is 10.2. The largest absolute Gasteiger partial charge is 0.481 e. The van der Waals surface area contributed by atoms with Crippen LogP contribution in [0.15, 0.2) is 0 Å². The zero-order valence-corrected chi connectivity index (χ0v) is 15.2. The van der Waals surface area contributed by atoms with Crippen molar-refractivity contribution in [1.82, 2.24) is 0 Å². The minimum absolute atomic E-state index is 0.111. The van der Waals surface area contributed by atoms with E-state index in [0.29, 0.717) is 0 Å². The zero-order chi connectivity index (χ0) is 15.6. The molecular weight excluding hydrogens is 267 g/mol. The predicted octanol–water partition coefficient (Wildman–Crippen LogP) is 5.94. The zero-order valence-electron chi connectivity index (χ0n) is 14.2. The molecule has 3 heteroatoms. The summed E-state index contributed by atoms with van der Waals surface area (Å²) in [5, 5.41) is 8.60. The Kier molecular flexibility index (Phi) is 21.0. The highest BCUT2D eigenvalue weighted by molar-refractivity contribution is 7.36. The second kappa shape index (κ2) is 18.9. The molecule has 0 spiro atoms. The number of aliphatic carboxylic acids is 1. The molecule has 0 aliphatic heterocycles. The first-order chi connectivity index (χ1) is 9.63. The molecular formula is C17H37O2P. The van der Waals surface area contributed by atoms with Crippen LogP contribution in [0, 0.1) is 5.92 Å². The van der Waals surface area contributed by atoms with E-state index in [4.69, 9.17) is 5.11 Å². The Labute approximate surface area is 128 Å². The number of hydrogen-bond donors (Lipinski definition) is 1. The Morgan fingerprint density at radius 3 is 1.95 bits per heavy atom. The van der Waals surface area contributed by atoms with Gasteiger partial charge in [-0.3, -0.25) is 4.79 Å². The summed E-state index contributed by atoms with van der Waals surface area (Å²) in [5.41, 5.74) is 0. The quantitative estimate of drug-likeness (QED) is 0.358. The summed E-state index contributed by atoms with van der Waals surface area (Å²) in [6.07, 6.45) is 13.9. The molecule has 0 heterocycles. The van der Waals surface area contributed by atoms with Crippen LogP contribution in [0.4, 0.5) is 0 Å². The molecule has 0 fully saturated rings. The van der Waals surface area contributed by atoms with Crippen molar-refractivity contribution in [3.8, 4) is 0 Å². The van der Waals surface area contributed by atoms with Crippen molar-refractivity contribution in [3.63, 3.8) is 0 Å². The predicted molar refractivity (Wildman–Crippen MR) is 93.4 cm³/mol. The molecule has 0 radical (unpaired) electrons. The highest BCUT2D eigenvalue weighted by Crippen LogP contribution is 2.12. The van der Waals surface area contributed by atoms with Gasteiger partial charge in [-0.05, 0) is 32.1 Å². The third-order valence-corrected chi connectivity index (χ3v) is 4.38. The number of unbranched alkanes of at least 4 members (excludes halogenated alkanes) is 6. The third-order valence-electron chi connectivity index (χ3n) is 3.53. The van der Waals surface area contributed by atoms with Crippen LogP contribution < -0.4 is 0 Å². The molecule has 2 unspecified atom stereocenters. The maximum Gasteiger partial charge on any atom is 0.306 e. The lowest BCUT2D eigenvalue weighted by Gasteiger charge is -2.06. The highest BCUT2D eigenvalue weighted by Gasteiger charge is 2.12.